The molecule has 0 radical (unpaired) electrons. The first-order valence-corrected chi connectivity index (χ1v) is 7.93. The summed E-state index contributed by atoms with van der Waals surface area (Å²) in [6.45, 7) is 4.97. The van der Waals surface area contributed by atoms with Crippen molar-refractivity contribution in [1.82, 2.24) is 14.9 Å². The summed E-state index contributed by atoms with van der Waals surface area (Å²) in [4.78, 5) is 11.3. The molecule has 0 aliphatic carbocycles. The van der Waals surface area contributed by atoms with Gasteiger partial charge in [0.1, 0.15) is 5.82 Å². The first-order chi connectivity index (χ1) is 9.33. The molecule has 0 aromatic carbocycles. The van der Waals surface area contributed by atoms with Gasteiger partial charge in [0.2, 0.25) is 0 Å². The molecular weight excluding hydrogens is 260 g/mol. The number of nitrogens with one attached hydrogen (secondary N) is 1. The third-order valence-corrected chi connectivity index (χ3v) is 3.85. The maximum atomic E-state index is 5.35. The van der Waals surface area contributed by atoms with Crippen molar-refractivity contribution in [2.45, 2.75) is 18.0 Å². The highest BCUT2D eigenvalue weighted by molar-refractivity contribution is 7.98. The molecule has 1 N–H and O–H groups in total. The summed E-state index contributed by atoms with van der Waals surface area (Å²) in [7, 11) is 1.91. The second-order valence-electron chi connectivity index (χ2n) is 4.54. The number of aryl methyl sites for hydroxylation is 1. The summed E-state index contributed by atoms with van der Waals surface area (Å²) in [5.74, 6) is 0.960. The van der Waals surface area contributed by atoms with Gasteiger partial charge in [-0.15, -0.1) is 0 Å². The molecule has 0 unspecified atom stereocenters. The number of rotatable bonds is 6. The van der Waals surface area contributed by atoms with Crippen LogP contribution in [-0.4, -0.2) is 61.0 Å². The molecule has 1 aromatic heterocycles. The third-order valence-electron chi connectivity index (χ3n) is 3.29. The smallest absolute Gasteiger partial charge is 0.189 e. The number of aromatic nitrogens is 2. The maximum absolute atomic E-state index is 5.35. The summed E-state index contributed by atoms with van der Waals surface area (Å²) in [5.41, 5.74) is 1.20. The van der Waals surface area contributed by atoms with Crippen LogP contribution in [0.25, 0.3) is 0 Å². The lowest BCUT2D eigenvalue weighted by Gasteiger charge is -2.26. The van der Waals surface area contributed by atoms with E-state index in [4.69, 9.17) is 4.74 Å². The highest BCUT2D eigenvalue weighted by Crippen LogP contribution is 2.17. The van der Waals surface area contributed by atoms with Gasteiger partial charge in [0.15, 0.2) is 5.16 Å². The minimum absolute atomic E-state index is 0.821. The fraction of sp³-hybridized carbons (Fsp3) is 0.692. The molecule has 2 heterocycles. The highest BCUT2D eigenvalue weighted by Gasteiger charge is 2.11. The van der Waals surface area contributed by atoms with Gasteiger partial charge in [-0.2, -0.15) is 0 Å². The molecule has 0 saturated carbocycles. The minimum Gasteiger partial charge on any atom is -0.379 e. The Morgan fingerprint density at radius 1 is 1.42 bits per heavy atom. The second kappa shape index (κ2) is 7.67. The van der Waals surface area contributed by atoms with Gasteiger partial charge >= 0.3 is 0 Å². The monoisotopic (exact) mass is 282 g/mol. The zero-order chi connectivity index (χ0) is 13.5. The summed E-state index contributed by atoms with van der Waals surface area (Å²) in [6.07, 6.45) is 6.09. The van der Waals surface area contributed by atoms with Crippen molar-refractivity contribution in [2.24, 2.45) is 0 Å². The molecule has 1 fully saturated rings. The van der Waals surface area contributed by atoms with Gasteiger partial charge in [0.25, 0.3) is 0 Å². The summed E-state index contributed by atoms with van der Waals surface area (Å²) in [5, 5.41) is 3.98. The van der Waals surface area contributed by atoms with E-state index in [9.17, 15) is 0 Å². The van der Waals surface area contributed by atoms with Gasteiger partial charge in [0, 0.05) is 31.9 Å². The number of anilines is 1. The minimum atomic E-state index is 0.821. The molecule has 1 aliphatic heterocycles. The molecule has 0 atom stereocenters. The van der Waals surface area contributed by atoms with Gasteiger partial charge < -0.3 is 10.1 Å². The van der Waals surface area contributed by atoms with Crippen molar-refractivity contribution in [3.8, 4) is 0 Å². The Kier molecular flexibility index (Phi) is 5.88. The molecule has 106 valence electrons. The number of morpholine rings is 1. The van der Waals surface area contributed by atoms with E-state index in [-0.39, 0.29) is 0 Å². The molecule has 1 aliphatic rings. The fourth-order valence-corrected chi connectivity index (χ4v) is 2.55. The van der Waals surface area contributed by atoms with Gasteiger partial charge in [-0.3, -0.25) is 4.90 Å². The standard InChI is InChI=1S/C13H22N4OS/c1-14-12-11(10-15-13(16-12)19-2)4-3-5-17-6-8-18-9-7-17/h10H,3-9H2,1-2H3,(H,14,15,16). The first-order valence-electron chi connectivity index (χ1n) is 6.71. The first kappa shape index (κ1) is 14.6. The van der Waals surface area contributed by atoms with Gasteiger partial charge in [-0.1, -0.05) is 11.8 Å². The average Bonchev–Trinajstić information content (AvgIpc) is 2.48. The number of thioether (sulfide) groups is 1. The molecule has 0 bridgehead atoms. The Bertz CT molecular complexity index is 396. The molecular formula is C13H22N4OS. The lowest BCUT2D eigenvalue weighted by molar-refractivity contribution is 0.0374. The zero-order valence-electron chi connectivity index (χ0n) is 11.7. The molecule has 6 heteroatoms. The van der Waals surface area contributed by atoms with Crippen LogP contribution in [0, 0.1) is 0 Å². The Hall–Kier alpha value is -0.850. The van der Waals surface area contributed by atoms with Crippen LogP contribution in [0.3, 0.4) is 0 Å². The molecule has 1 aromatic rings. The number of ether oxygens (including phenoxy) is 1. The quantitative estimate of drug-likeness (QED) is 0.630. The summed E-state index contributed by atoms with van der Waals surface area (Å²) in [6, 6.07) is 0. The van der Waals surface area contributed by atoms with Crippen molar-refractivity contribution in [2.75, 3.05) is 51.5 Å². The highest BCUT2D eigenvalue weighted by atomic mass is 32.2. The van der Waals surface area contributed by atoms with E-state index >= 15 is 0 Å². The Labute approximate surface area is 119 Å². The Morgan fingerprint density at radius 3 is 2.89 bits per heavy atom. The largest absolute Gasteiger partial charge is 0.379 e. The normalized spacial score (nSPS) is 16.5. The van der Waals surface area contributed by atoms with E-state index in [0.29, 0.717) is 0 Å². The average molecular weight is 282 g/mol. The van der Waals surface area contributed by atoms with E-state index in [1.807, 2.05) is 19.5 Å². The lowest BCUT2D eigenvalue weighted by atomic mass is 10.1. The van der Waals surface area contributed by atoms with Crippen molar-refractivity contribution in [3.05, 3.63) is 11.8 Å². The zero-order valence-corrected chi connectivity index (χ0v) is 12.5. The maximum Gasteiger partial charge on any atom is 0.189 e. The van der Waals surface area contributed by atoms with Crippen LogP contribution in [0.4, 0.5) is 5.82 Å². The van der Waals surface area contributed by atoms with Crippen LogP contribution >= 0.6 is 11.8 Å². The van der Waals surface area contributed by atoms with E-state index < -0.39 is 0 Å². The SMILES string of the molecule is CNc1nc(SC)ncc1CCCN1CCOCC1. The summed E-state index contributed by atoms with van der Waals surface area (Å²) < 4.78 is 5.35. The molecule has 19 heavy (non-hydrogen) atoms. The second-order valence-corrected chi connectivity index (χ2v) is 5.31. The van der Waals surface area contributed by atoms with Crippen molar-refractivity contribution < 1.29 is 4.74 Å². The van der Waals surface area contributed by atoms with Crippen LogP contribution < -0.4 is 5.32 Å². The molecule has 0 amide bonds. The molecule has 1 saturated heterocycles. The predicted molar refractivity (Wildman–Crippen MR) is 78.9 cm³/mol. The number of nitrogens with zero attached hydrogens (tertiary/aromatic N) is 3. The topological polar surface area (TPSA) is 50.3 Å². The van der Waals surface area contributed by atoms with Gasteiger partial charge in [0.05, 0.1) is 13.2 Å². The van der Waals surface area contributed by atoms with E-state index in [1.165, 1.54) is 5.56 Å². The lowest BCUT2D eigenvalue weighted by Crippen LogP contribution is -2.36. The number of hydrogen-bond acceptors (Lipinski definition) is 6. The predicted octanol–water partition coefficient (Wildman–Crippen LogP) is 1.50. The summed E-state index contributed by atoms with van der Waals surface area (Å²) >= 11 is 1.57. The van der Waals surface area contributed by atoms with Crippen LogP contribution in [0.15, 0.2) is 11.4 Å². The van der Waals surface area contributed by atoms with Crippen molar-refractivity contribution in [3.63, 3.8) is 0 Å². The Balaban J connectivity index is 1.84. The third kappa shape index (κ3) is 4.33. The van der Waals surface area contributed by atoms with Crippen LogP contribution in [0.5, 0.6) is 0 Å². The van der Waals surface area contributed by atoms with Crippen LogP contribution in [0.1, 0.15) is 12.0 Å². The molecule has 5 nitrogen and oxygen atoms in total. The number of hydrogen-bond donors (Lipinski definition) is 1. The fourth-order valence-electron chi connectivity index (χ4n) is 2.21. The van der Waals surface area contributed by atoms with Gasteiger partial charge in [-0.25, -0.2) is 9.97 Å². The van der Waals surface area contributed by atoms with Gasteiger partial charge in [-0.05, 0) is 25.6 Å². The van der Waals surface area contributed by atoms with E-state index in [0.717, 1.165) is 56.7 Å². The van der Waals surface area contributed by atoms with Crippen molar-refractivity contribution in [1.29, 1.82) is 0 Å². The molecule has 0 spiro atoms. The molecule has 2 rings (SSSR count). The van der Waals surface area contributed by atoms with E-state index in [2.05, 4.69) is 20.2 Å². The van der Waals surface area contributed by atoms with Crippen LogP contribution in [-0.2, 0) is 11.2 Å². The van der Waals surface area contributed by atoms with Crippen molar-refractivity contribution >= 4 is 17.6 Å². The Morgan fingerprint density at radius 2 is 2.21 bits per heavy atom. The van der Waals surface area contributed by atoms with Crippen LogP contribution in [0.2, 0.25) is 0 Å². The van der Waals surface area contributed by atoms with E-state index in [1.54, 1.807) is 11.8 Å².